The van der Waals surface area contributed by atoms with Gasteiger partial charge in [-0.15, -0.1) is 0 Å². The number of aliphatic hydroxyl groups is 5. The second kappa shape index (κ2) is 8.73. The van der Waals surface area contributed by atoms with Gasteiger partial charge in [-0.3, -0.25) is 0 Å². The maximum Gasteiger partial charge on any atom is 0.109 e. The van der Waals surface area contributed by atoms with Crippen LogP contribution in [0.3, 0.4) is 0 Å². The summed E-state index contributed by atoms with van der Waals surface area (Å²) in [4.78, 5) is 0. The van der Waals surface area contributed by atoms with E-state index in [0.717, 1.165) is 25.7 Å². The molecule has 0 aliphatic heterocycles. The lowest BCUT2D eigenvalue weighted by Gasteiger charge is -2.66. The van der Waals surface area contributed by atoms with Gasteiger partial charge < -0.3 is 25.5 Å². The quantitative estimate of drug-likeness (QED) is 0.425. The Morgan fingerprint density at radius 2 is 1.58 bits per heavy atom. The van der Waals surface area contributed by atoms with Crippen LogP contribution >= 0.6 is 0 Å². The number of hydrogen-bond acceptors (Lipinski definition) is 5. The average molecular weight is 467 g/mol. The van der Waals surface area contributed by atoms with Crippen molar-refractivity contribution in [1.29, 1.82) is 0 Å². The number of hydrogen-bond donors (Lipinski definition) is 5. The fourth-order valence-corrected chi connectivity index (χ4v) is 9.29. The molecule has 0 aromatic carbocycles. The topological polar surface area (TPSA) is 101 Å². The molecule has 13 atom stereocenters. The highest BCUT2D eigenvalue weighted by Crippen LogP contribution is 2.69. The van der Waals surface area contributed by atoms with Crippen molar-refractivity contribution in [3.05, 3.63) is 0 Å². The molecule has 4 fully saturated rings. The lowest BCUT2D eigenvalue weighted by atomic mass is 9.41. The van der Waals surface area contributed by atoms with Crippen LogP contribution in [-0.2, 0) is 0 Å². The van der Waals surface area contributed by atoms with Crippen LogP contribution in [0.15, 0.2) is 0 Å². The third-order valence-corrected chi connectivity index (χ3v) is 11.9. The monoisotopic (exact) mass is 466 g/mol. The fourth-order valence-electron chi connectivity index (χ4n) is 9.29. The molecule has 33 heavy (non-hydrogen) atoms. The Kier molecular flexibility index (Phi) is 6.84. The molecular weight excluding hydrogens is 416 g/mol. The molecule has 0 aromatic rings. The van der Waals surface area contributed by atoms with Gasteiger partial charge in [0.25, 0.3) is 0 Å². The van der Waals surface area contributed by atoms with Crippen LogP contribution in [0, 0.1) is 52.3 Å². The first-order chi connectivity index (χ1) is 15.3. The Morgan fingerprint density at radius 3 is 2.21 bits per heavy atom. The zero-order chi connectivity index (χ0) is 24.5. The van der Waals surface area contributed by atoms with Gasteiger partial charge >= 0.3 is 0 Å². The van der Waals surface area contributed by atoms with Crippen LogP contribution < -0.4 is 0 Å². The molecule has 4 aliphatic carbocycles. The summed E-state index contributed by atoms with van der Waals surface area (Å²) >= 11 is 0. The predicted octanol–water partition coefficient (Wildman–Crippen LogP) is 3.74. The van der Waals surface area contributed by atoms with Gasteiger partial charge in [0, 0.05) is 11.8 Å². The summed E-state index contributed by atoms with van der Waals surface area (Å²) < 4.78 is 0. The third kappa shape index (κ3) is 3.75. The molecule has 5 N–H and O–H groups in total. The van der Waals surface area contributed by atoms with E-state index in [1.165, 1.54) is 6.42 Å². The van der Waals surface area contributed by atoms with Gasteiger partial charge in [0.15, 0.2) is 0 Å². The Balaban J connectivity index is 1.61. The van der Waals surface area contributed by atoms with Crippen molar-refractivity contribution >= 4 is 0 Å². The fraction of sp³-hybridized carbons (Fsp3) is 1.00. The number of aliphatic hydroxyl groups excluding tert-OH is 4. The summed E-state index contributed by atoms with van der Waals surface area (Å²) in [6, 6.07) is 0. The van der Waals surface area contributed by atoms with Gasteiger partial charge in [0.1, 0.15) is 11.7 Å². The van der Waals surface area contributed by atoms with E-state index in [2.05, 4.69) is 41.5 Å². The molecule has 0 amide bonds. The van der Waals surface area contributed by atoms with Gasteiger partial charge in [-0.2, -0.15) is 0 Å². The molecule has 0 aromatic heterocycles. The summed E-state index contributed by atoms with van der Waals surface area (Å²) in [5.74, 6) is 2.03. The Bertz CT molecular complexity index is 712. The summed E-state index contributed by atoms with van der Waals surface area (Å²) in [6.45, 7) is 13.6. The Morgan fingerprint density at radius 1 is 0.909 bits per heavy atom. The summed E-state index contributed by atoms with van der Waals surface area (Å²) in [5, 5.41) is 56.0. The van der Waals surface area contributed by atoms with Gasteiger partial charge in [-0.25, -0.2) is 0 Å². The normalized spacial score (nSPS) is 53.8. The van der Waals surface area contributed by atoms with Gasteiger partial charge in [-0.05, 0) is 78.9 Å². The molecule has 0 saturated heterocycles. The first kappa shape index (κ1) is 25.9. The van der Waals surface area contributed by atoms with E-state index in [4.69, 9.17) is 0 Å². The first-order valence-corrected chi connectivity index (χ1v) is 13.7. The van der Waals surface area contributed by atoms with Crippen LogP contribution in [0.4, 0.5) is 0 Å². The van der Waals surface area contributed by atoms with Crippen molar-refractivity contribution in [2.24, 2.45) is 52.3 Å². The molecule has 4 aliphatic rings. The van der Waals surface area contributed by atoms with E-state index in [1.807, 2.05) is 0 Å². The van der Waals surface area contributed by atoms with Gasteiger partial charge in [0.2, 0.25) is 0 Å². The smallest absolute Gasteiger partial charge is 0.109 e. The highest BCUT2D eigenvalue weighted by atomic mass is 16.4. The Hall–Kier alpha value is -0.200. The summed E-state index contributed by atoms with van der Waals surface area (Å²) in [5.41, 5.74) is -2.11. The average Bonchev–Trinajstić information content (AvgIpc) is 3.02. The molecule has 0 heterocycles. The molecule has 5 nitrogen and oxygen atoms in total. The molecule has 192 valence electrons. The minimum Gasteiger partial charge on any atom is -0.393 e. The van der Waals surface area contributed by atoms with E-state index >= 15 is 0 Å². The zero-order valence-electron chi connectivity index (χ0n) is 21.7. The van der Waals surface area contributed by atoms with E-state index in [0.29, 0.717) is 36.5 Å². The third-order valence-electron chi connectivity index (χ3n) is 11.9. The molecular formula is C28H50O5. The van der Waals surface area contributed by atoms with E-state index in [-0.39, 0.29) is 29.6 Å². The molecule has 0 radical (unpaired) electrons. The summed E-state index contributed by atoms with van der Waals surface area (Å²) in [7, 11) is 0. The lowest BCUT2D eigenvalue weighted by Crippen LogP contribution is -2.73. The van der Waals surface area contributed by atoms with Crippen molar-refractivity contribution in [3.63, 3.8) is 0 Å². The second-order valence-electron chi connectivity index (χ2n) is 13.6. The minimum absolute atomic E-state index is 0.0381. The molecule has 13 unspecified atom stereocenters. The number of fused-ring (bicyclic) bond motifs is 5. The largest absolute Gasteiger partial charge is 0.393 e. The highest BCUT2D eigenvalue weighted by molar-refractivity contribution is 5.20. The second-order valence-corrected chi connectivity index (χ2v) is 13.6. The van der Waals surface area contributed by atoms with Crippen LogP contribution in [-0.4, -0.2) is 55.5 Å². The molecule has 0 bridgehead atoms. The van der Waals surface area contributed by atoms with E-state index in [9.17, 15) is 25.5 Å². The van der Waals surface area contributed by atoms with E-state index in [1.54, 1.807) is 0 Å². The molecule has 4 saturated carbocycles. The highest BCUT2D eigenvalue weighted by Gasteiger charge is 2.71. The SMILES string of the molecule is CC(C)C(C)CCC(C)C1CC(O)C2C3C(O)C(O)C4(O)CC(O)CCC4(C)C3CCC12C. The van der Waals surface area contributed by atoms with Crippen molar-refractivity contribution in [1.82, 2.24) is 0 Å². The van der Waals surface area contributed by atoms with Gasteiger partial charge in [-0.1, -0.05) is 54.4 Å². The van der Waals surface area contributed by atoms with E-state index < -0.39 is 35.4 Å². The van der Waals surface area contributed by atoms with Crippen molar-refractivity contribution in [2.75, 3.05) is 0 Å². The first-order valence-electron chi connectivity index (χ1n) is 13.7. The Labute approximate surface area is 201 Å². The van der Waals surface area contributed by atoms with Crippen LogP contribution in [0.25, 0.3) is 0 Å². The predicted molar refractivity (Wildman–Crippen MR) is 129 cm³/mol. The zero-order valence-corrected chi connectivity index (χ0v) is 21.7. The molecule has 5 heteroatoms. The van der Waals surface area contributed by atoms with Crippen molar-refractivity contribution in [3.8, 4) is 0 Å². The van der Waals surface area contributed by atoms with Crippen LogP contribution in [0.2, 0.25) is 0 Å². The standard InChI is InChI=1S/C28H50O5/c1-15(2)16(3)7-8-17(4)20-13-21(30)23-22-19(10-11-26(20,23)5)27(6)12-9-18(29)14-28(27,33)25(32)24(22)31/h15-25,29-33H,7-14H2,1-6H3. The van der Waals surface area contributed by atoms with Crippen LogP contribution in [0.1, 0.15) is 92.9 Å². The minimum atomic E-state index is -1.48. The van der Waals surface area contributed by atoms with Gasteiger partial charge in [0.05, 0.1) is 18.3 Å². The maximum atomic E-state index is 11.6. The lowest BCUT2D eigenvalue weighted by molar-refractivity contribution is -0.301. The van der Waals surface area contributed by atoms with Crippen molar-refractivity contribution < 1.29 is 25.5 Å². The van der Waals surface area contributed by atoms with Crippen LogP contribution in [0.5, 0.6) is 0 Å². The maximum absolute atomic E-state index is 11.6. The molecule has 0 spiro atoms. The summed E-state index contributed by atoms with van der Waals surface area (Å²) in [6.07, 6.45) is 2.88. The van der Waals surface area contributed by atoms with Crippen molar-refractivity contribution in [2.45, 2.75) is 123 Å². The number of rotatable bonds is 5. The molecule has 4 rings (SSSR count).